The lowest BCUT2D eigenvalue weighted by Crippen LogP contribution is -2.46. The average Bonchev–Trinajstić information content (AvgIpc) is 2.77. The Morgan fingerprint density at radius 3 is 2.42 bits per heavy atom. The number of methoxy groups -OCH3 is 1. The number of piperazine rings is 1. The molecule has 31 heavy (non-hydrogen) atoms. The predicted octanol–water partition coefficient (Wildman–Crippen LogP) is 2.73. The summed E-state index contributed by atoms with van der Waals surface area (Å²) in [6.07, 6.45) is 3.32. The number of halogens is 1. The average molecular weight is 548 g/mol. The van der Waals surface area contributed by atoms with Gasteiger partial charge in [-0.3, -0.25) is 9.89 Å². The largest absolute Gasteiger partial charge is 0.382 e. The Labute approximate surface area is 206 Å². The fourth-order valence-electron chi connectivity index (χ4n) is 3.57. The molecule has 1 aliphatic rings. The molecule has 0 unspecified atom stereocenters. The number of nitrogens with zero attached hydrogens (tertiary/aromatic N) is 3. The van der Waals surface area contributed by atoms with E-state index in [9.17, 15) is 0 Å². The number of guanidine groups is 1. The van der Waals surface area contributed by atoms with Gasteiger partial charge in [-0.2, -0.15) is 0 Å². The van der Waals surface area contributed by atoms with Crippen LogP contribution in [-0.4, -0.2) is 90.7 Å². The fraction of sp³-hybridized carbons (Fsp3) is 0.696. The Morgan fingerprint density at radius 1 is 1.00 bits per heavy atom. The standard InChI is InChI=1S/C23H41N5O2.HI/c1-21-8-6-9-22(20-21)28-15-13-27(14-16-28)12-5-4-10-25-23(24-2)26-11-7-17-30-19-18-29-3;/h6,8-9,20H,4-5,7,10-19H2,1-3H3,(H2,24,25,26);1H. The Balaban J connectivity index is 0.00000480. The van der Waals surface area contributed by atoms with Crippen LogP contribution in [0.1, 0.15) is 24.8 Å². The van der Waals surface area contributed by atoms with Gasteiger partial charge in [0.15, 0.2) is 5.96 Å². The summed E-state index contributed by atoms with van der Waals surface area (Å²) in [5.74, 6) is 0.874. The zero-order chi connectivity index (χ0) is 21.4. The SMILES string of the molecule is CN=C(NCCCCN1CCN(c2cccc(C)c2)CC1)NCCCOCCOC.I. The van der Waals surface area contributed by atoms with E-state index in [0.717, 1.165) is 64.7 Å². The molecule has 7 nitrogen and oxygen atoms in total. The van der Waals surface area contributed by atoms with Crippen molar-refractivity contribution < 1.29 is 9.47 Å². The molecule has 1 fully saturated rings. The van der Waals surface area contributed by atoms with Crippen LogP contribution in [0.25, 0.3) is 0 Å². The minimum atomic E-state index is 0. The van der Waals surface area contributed by atoms with E-state index in [1.807, 2.05) is 7.05 Å². The summed E-state index contributed by atoms with van der Waals surface area (Å²) in [5.41, 5.74) is 2.70. The lowest BCUT2D eigenvalue weighted by Gasteiger charge is -2.36. The number of aliphatic imine (C=N–C) groups is 1. The molecule has 0 saturated carbocycles. The van der Waals surface area contributed by atoms with Crippen LogP contribution >= 0.6 is 24.0 Å². The maximum atomic E-state index is 5.46. The lowest BCUT2D eigenvalue weighted by molar-refractivity contribution is 0.0698. The molecular weight excluding hydrogens is 505 g/mol. The molecule has 1 aromatic rings. The first-order chi connectivity index (χ1) is 14.7. The van der Waals surface area contributed by atoms with E-state index in [2.05, 4.69) is 56.6 Å². The van der Waals surface area contributed by atoms with E-state index in [4.69, 9.17) is 9.47 Å². The number of unbranched alkanes of at least 4 members (excludes halogenated alkanes) is 1. The van der Waals surface area contributed by atoms with Crippen LogP contribution in [0.3, 0.4) is 0 Å². The second-order valence-corrected chi connectivity index (χ2v) is 7.76. The van der Waals surface area contributed by atoms with Gasteiger partial charge in [-0.25, -0.2) is 0 Å². The van der Waals surface area contributed by atoms with Gasteiger partial charge in [0.25, 0.3) is 0 Å². The highest BCUT2D eigenvalue weighted by Crippen LogP contribution is 2.17. The number of nitrogens with one attached hydrogen (secondary N) is 2. The van der Waals surface area contributed by atoms with Gasteiger partial charge in [-0.05, 0) is 50.4 Å². The quantitative estimate of drug-likeness (QED) is 0.172. The fourth-order valence-corrected chi connectivity index (χ4v) is 3.57. The number of hydrogen-bond acceptors (Lipinski definition) is 5. The number of rotatable bonds is 13. The van der Waals surface area contributed by atoms with Crippen LogP contribution in [0.15, 0.2) is 29.3 Å². The minimum Gasteiger partial charge on any atom is -0.382 e. The summed E-state index contributed by atoms with van der Waals surface area (Å²) < 4.78 is 10.4. The van der Waals surface area contributed by atoms with E-state index in [1.54, 1.807) is 7.11 Å². The van der Waals surface area contributed by atoms with Crippen molar-refractivity contribution in [3.8, 4) is 0 Å². The van der Waals surface area contributed by atoms with Crippen molar-refractivity contribution in [2.45, 2.75) is 26.2 Å². The van der Waals surface area contributed by atoms with Crippen LogP contribution in [0.4, 0.5) is 5.69 Å². The molecule has 1 aliphatic heterocycles. The van der Waals surface area contributed by atoms with Gasteiger partial charge >= 0.3 is 0 Å². The summed E-state index contributed by atoms with van der Waals surface area (Å²) in [7, 11) is 3.51. The molecule has 1 saturated heterocycles. The van der Waals surface area contributed by atoms with E-state index in [0.29, 0.717) is 13.2 Å². The van der Waals surface area contributed by atoms with Gasteiger partial charge in [0.1, 0.15) is 0 Å². The van der Waals surface area contributed by atoms with Crippen molar-refractivity contribution in [2.24, 2.45) is 4.99 Å². The Kier molecular flexibility index (Phi) is 15.7. The molecule has 0 aliphatic carbocycles. The smallest absolute Gasteiger partial charge is 0.190 e. The van der Waals surface area contributed by atoms with Crippen molar-refractivity contribution in [3.63, 3.8) is 0 Å². The summed E-state index contributed by atoms with van der Waals surface area (Å²) in [6.45, 7) is 11.7. The summed E-state index contributed by atoms with van der Waals surface area (Å²) in [5, 5.41) is 6.74. The Morgan fingerprint density at radius 2 is 1.74 bits per heavy atom. The normalized spacial score (nSPS) is 14.9. The minimum absolute atomic E-state index is 0. The summed E-state index contributed by atoms with van der Waals surface area (Å²) in [4.78, 5) is 9.37. The molecule has 178 valence electrons. The summed E-state index contributed by atoms with van der Waals surface area (Å²) >= 11 is 0. The number of benzene rings is 1. The molecular formula is C23H42IN5O2. The van der Waals surface area contributed by atoms with Crippen LogP contribution in [0.5, 0.6) is 0 Å². The van der Waals surface area contributed by atoms with E-state index in [1.165, 1.54) is 24.2 Å². The third-order valence-electron chi connectivity index (χ3n) is 5.35. The molecule has 2 rings (SSSR count). The first kappa shape index (κ1) is 27.9. The zero-order valence-corrected chi connectivity index (χ0v) is 21.9. The molecule has 8 heteroatoms. The number of anilines is 1. The van der Waals surface area contributed by atoms with Crippen LogP contribution in [0.2, 0.25) is 0 Å². The maximum absolute atomic E-state index is 5.46. The third-order valence-corrected chi connectivity index (χ3v) is 5.35. The molecule has 0 atom stereocenters. The van der Waals surface area contributed by atoms with Crippen molar-refractivity contribution >= 4 is 35.6 Å². The predicted molar refractivity (Wildman–Crippen MR) is 141 cm³/mol. The van der Waals surface area contributed by atoms with Gasteiger partial charge in [0.05, 0.1) is 13.2 Å². The maximum Gasteiger partial charge on any atom is 0.190 e. The van der Waals surface area contributed by atoms with Gasteiger partial charge in [-0.1, -0.05) is 12.1 Å². The highest BCUT2D eigenvalue weighted by Gasteiger charge is 2.16. The number of ether oxygens (including phenoxy) is 2. The lowest BCUT2D eigenvalue weighted by atomic mass is 10.2. The van der Waals surface area contributed by atoms with Crippen molar-refractivity contribution in [1.29, 1.82) is 0 Å². The molecule has 0 bridgehead atoms. The topological polar surface area (TPSA) is 61.4 Å². The number of hydrogen-bond donors (Lipinski definition) is 2. The molecule has 0 radical (unpaired) electrons. The highest BCUT2D eigenvalue weighted by molar-refractivity contribution is 14.0. The van der Waals surface area contributed by atoms with Gasteiger partial charge in [0, 0.05) is 65.7 Å². The molecule has 1 aromatic carbocycles. The first-order valence-electron chi connectivity index (χ1n) is 11.3. The zero-order valence-electron chi connectivity index (χ0n) is 19.6. The van der Waals surface area contributed by atoms with E-state index >= 15 is 0 Å². The third kappa shape index (κ3) is 11.9. The second kappa shape index (κ2) is 17.5. The summed E-state index contributed by atoms with van der Waals surface area (Å²) in [6, 6.07) is 8.83. The molecule has 0 aromatic heterocycles. The molecule has 0 spiro atoms. The van der Waals surface area contributed by atoms with Gasteiger partial charge < -0.3 is 25.0 Å². The second-order valence-electron chi connectivity index (χ2n) is 7.76. The number of aryl methyl sites for hydroxylation is 1. The Bertz CT molecular complexity index is 609. The van der Waals surface area contributed by atoms with Crippen molar-refractivity contribution in [1.82, 2.24) is 15.5 Å². The van der Waals surface area contributed by atoms with Crippen LogP contribution < -0.4 is 15.5 Å². The first-order valence-corrected chi connectivity index (χ1v) is 11.3. The van der Waals surface area contributed by atoms with E-state index < -0.39 is 0 Å². The van der Waals surface area contributed by atoms with E-state index in [-0.39, 0.29) is 24.0 Å². The molecule has 2 N–H and O–H groups in total. The molecule has 0 amide bonds. The van der Waals surface area contributed by atoms with Crippen molar-refractivity contribution in [2.75, 3.05) is 84.7 Å². The monoisotopic (exact) mass is 547 g/mol. The van der Waals surface area contributed by atoms with Gasteiger partial charge in [0.2, 0.25) is 0 Å². The Hall–Kier alpha value is -1.10. The molecule has 1 heterocycles. The van der Waals surface area contributed by atoms with Gasteiger partial charge in [-0.15, -0.1) is 24.0 Å². The van der Waals surface area contributed by atoms with Crippen molar-refractivity contribution in [3.05, 3.63) is 29.8 Å². The van der Waals surface area contributed by atoms with Crippen LogP contribution in [-0.2, 0) is 9.47 Å². The van der Waals surface area contributed by atoms with Crippen LogP contribution in [0, 0.1) is 6.92 Å². The highest BCUT2D eigenvalue weighted by atomic mass is 127.